The Kier molecular flexibility index (Phi) is 5.67. The van der Waals surface area contributed by atoms with Gasteiger partial charge in [0.05, 0.1) is 11.1 Å². The molecule has 0 fully saturated rings. The number of hydrogen-bond donors (Lipinski definition) is 0. The quantitative estimate of drug-likeness (QED) is 0.216. The highest BCUT2D eigenvalue weighted by atomic mass is 19.2. The first-order chi connectivity index (χ1) is 15.3. The van der Waals surface area contributed by atoms with Crippen LogP contribution in [0.25, 0.3) is 10.8 Å². The normalized spacial score (nSPS) is 10.3. The molecule has 4 rings (SSSR count). The number of rotatable bonds is 0. The topological polar surface area (TPSA) is 0 Å². The summed E-state index contributed by atoms with van der Waals surface area (Å²) in [6.45, 7) is 1.56. The van der Waals surface area contributed by atoms with E-state index >= 15 is 0 Å². The van der Waals surface area contributed by atoms with Crippen molar-refractivity contribution in [3.05, 3.63) is 118 Å². The molecule has 32 heavy (non-hydrogen) atoms. The summed E-state index contributed by atoms with van der Waals surface area (Å²) >= 11 is 0. The van der Waals surface area contributed by atoms with Gasteiger partial charge in [0.2, 0.25) is 0 Å². The van der Waals surface area contributed by atoms with E-state index in [0.29, 0.717) is 16.5 Å². The van der Waals surface area contributed by atoms with Gasteiger partial charge in [0.15, 0.2) is 11.6 Å². The molecule has 0 aromatic heterocycles. The Bertz CT molecular complexity index is 1470. The second-order valence-corrected chi connectivity index (χ2v) is 7.10. The molecule has 4 aromatic rings. The van der Waals surface area contributed by atoms with E-state index in [1.807, 2.05) is 0 Å². The lowest BCUT2D eigenvalue weighted by Gasteiger charge is -2.01. The van der Waals surface area contributed by atoms with Crippen LogP contribution in [0.15, 0.2) is 60.7 Å². The fourth-order valence-electron chi connectivity index (χ4n) is 3.13. The fourth-order valence-corrected chi connectivity index (χ4v) is 3.13. The summed E-state index contributed by atoms with van der Waals surface area (Å²) in [5.74, 6) is 6.33. The van der Waals surface area contributed by atoms with Gasteiger partial charge in [-0.05, 0) is 66.4 Å². The molecule has 5 heteroatoms. The van der Waals surface area contributed by atoms with E-state index in [1.54, 1.807) is 13.0 Å². The van der Waals surface area contributed by atoms with Gasteiger partial charge in [-0.15, -0.1) is 0 Å². The monoisotopic (exact) mass is 432 g/mol. The maximum absolute atomic E-state index is 14.4. The molecule has 0 nitrogen and oxygen atoms in total. The molecular formula is C27H13F5. The van der Waals surface area contributed by atoms with Crippen molar-refractivity contribution in [2.45, 2.75) is 6.92 Å². The van der Waals surface area contributed by atoms with Gasteiger partial charge >= 0.3 is 0 Å². The highest BCUT2D eigenvalue weighted by molar-refractivity contribution is 5.84. The van der Waals surface area contributed by atoms with Crippen molar-refractivity contribution in [1.82, 2.24) is 0 Å². The minimum Gasteiger partial charge on any atom is -0.206 e. The molecule has 0 atom stereocenters. The van der Waals surface area contributed by atoms with Gasteiger partial charge in [-0.2, -0.15) is 0 Å². The van der Waals surface area contributed by atoms with Crippen LogP contribution in [-0.2, 0) is 0 Å². The van der Waals surface area contributed by atoms with Gasteiger partial charge in [-0.3, -0.25) is 0 Å². The molecule has 0 N–H and O–H groups in total. The molecule has 0 unspecified atom stereocenters. The van der Waals surface area contributed by atoms with Gasteiger partial charge in [0.1, 0.15) is 17.5 Å². The lowest BCUT2D eigenvalue weighted by Crippen LogP contribution is -1.92. The van der Waals surface area contributed by atoms with Crippen molar-refractivity contribution >= 4 is 10.8 Å². The number of aryl methyl sites for hydroxylation is 1. The van der Waals surface area contributed by atoms with Gasteiger partial charge in [-0.25, -0.2) is 22.0 Å². The Morgan fingerprint density at radius 1 is 0.562 bits per heavy atom. The van der Waals surface area contributed by atoms with E-state index in [1.165, 1.54) is 42.5 Å². The van der Waals surface area contributed by atoms with E-state index in [-0.39, 0.29) is 22.1 Å². The van der Waals surface area contributed by atoms with Crippen LogP contribution in [0, 0.1) is 59.7 Å². The second kappa shape index (κ2) is 8.57. The summed E-state index contributed by atoms with van der Waals surface area (Å²) in [6.07, 6.45) is 0. The van der Waals surface area contributed by atoms with Gasteiger partial charge < -0.3 is 0 Å². The molecule has 0 aliphatic carbocycles. The Morgan fingerprint density at radius 2 is 1.22 bits per heavy atom. The molecule has 4 aromatic carbocycles. The fraction of sp³-hybridized carbons (Fsp3) is 0.0370. The van der Waals surface area contributed by atoms with Gasteiger partial charge in [0.25, 0.3) is 0 Å². The first-order valence-corrected chi connectivity index (χ1v) is 9.49. The summed E-state index contributed by atoms with van der Waals surface area (Å²) in [7, 11) is 0. The molecule has 0 radical (unpaired) electrons. The van der Waals surface area contributed by atoms with Crippen LogP contribution in [0.3, 0.4) is 0 Å². The van der Waals surface area contributed by atoms with E-state index in [4.69, 9.17) is 0 Å². The Hall–Kier alpha value is -4.09. The van der Waals surface area contributed by atoms with E-state index in [9.17, 15) is 22.0 Å². The number of hydrogen-bond acceptors (Lipinski definition) is 0. The summed E-state index contributed by atoms with van der Waals surface area (Å²) in [4.78, 5) is 0. The zero-order valence-corrected chi connectivity index (χ0v) is 16.7. The average molecular weight is 432 g/mol. The number of fused-ring (bicyclic) bond motifs is 1. The third-order valence-electron chi connectivity index (χ3n) is 4.74. The third-order valence-corrected chi connectivity index (χ3v) is 4.74. The van der Waals surface area contributed by atoms with Crippen molar-refractivity contribution in [3.63, 3.8) is 0 Å². The molecule has 0 saturated carbocycles. The maximum atomic E-state index is 14.4. The highest BCUT2D eigenvalue weighted by Crippen LogP contribution is 2.21. The first kappa shape index (κ1) is 21.2. The minimum atomic E-state index is -0.936. The summed E-state index contributed by atoms with van der Waals surface area (Å²) in [6, 6.07) is 13.3. The molecule has 0 heterocycles. The largest absolute Gasteiger partial charge is 0.206 e. The molecule has 0 aliphatic heterocycles. The van der Waals surface area contributed by atoms with Crippen LogP contribution in [0.2, 0.25) is 0 Å². The smallest absolute Gasteiger partial charge is 0.166 e. The zero-order valence-electron chi connectivity index (χ0n) is 16.7. The molecule has 0 spiro atoms. The molecule has 0 aliphatic rings. The van der Waals surface area contributed by atoms with Crippen molar-refractivity contribution in [3.8, 4) is 23.7 Å². The standard InChI is InChI=1S/C27H13F5/c1-16-12-25(30)22(26(31)13-16)10-5-18-3-7-19(24(29)15-18)6-2-17-4-9-21-20(14-17)8-11-23(28)27(21)32/h3-4,7-9,11-15H,1H3. The molecule has 0 amide bonds. The van der Waals surface area contributed by atoms with Crippen LogP contribution in [0.4, 0.5) is 22.0 Å². The summed E-state index contributed by atoms with van der Waals surface area (Å²) < 4.78 is 69.3. The predicted octanol–water partition coefficient (Wildman–Crippen LogP) is 6.64. The van der Waals surface area contributed by atoms with Crippen LogP contribution < -0.4 is 0 Å². The van der Waals surface area contributed by atoms with Gasteiger partial charge in [0, 0.05) is 16.5 Å². The van der Waals surface area contributed by atoms with Crippen molar-refractivity contribution in [1.29, 1.82) is 0 Å². The van der Waals surface area contributed by atoms with E-state index in [0.717, 1.165) is 12.1 Å². The highest BCUT2D eigenvalue weighted by Gasteiger charge is 2.08. The Balaban J connectivity index is 1.60. The predicted molar refractivity (Wildman–Crippen MR) is 113 cm³/mol. The number of halogens is 5. The first-order valence-electron chi connectivity index (χ1n) is 9.49. The second-order valence-electron chi connectivity index (χ2n) is 7.10. The summed E-state index contributed by atoms with van der Waals surface area (Å²) in [5, 5.41) is 0.600. The van der Waals surface area contributed by atoms with Crippen LogP contribution in [0.1, 0.15) is 27.8 Å². The van der Waals surface area contributed by atoms with E-state index < -0.39 is 29.1 Å². The van der Waals surface area contributed by atoms with Crippen LogP contribution in [0.5, 0.6) is 0 Å². The average Bonchev–Trinajstić information content (AvgIpc) is 2.75. The zero-order chi connectivity index (χ0) is 22.8. The SMILES string of the molecule is Cc1cc(F)c(C#Cc2ccc(C#Cc3ccc4c(F)c(F)ccc4c3)c(F)c2)c(F)c1. The Labute approximate surface area is 181 Å². The van der Waals surface area contributed by atoms with Gasteiger partial charge in [-0.1, -0.05) is 35.8 Å². The van der Waals surface area contributed by atoms with Crippen molar-refractivity contribution in [2.75, 3.05) is 0 Å². The molecular weight excluding hydrogens is 419 g/mol. The van der Waals surface area contributed by atoms with E-state index in [2.05, 4.69) is 23.7 Å². The maximum Gasteiger partial charge on any atom is 0.166 e. The summed E-state index contributed by atoms with van der Waals surface area (Å²) in [5.41, 5.74) is 0.872. The Morgan fingerprint density at radius 3 is 1.94 bits per heavy atom. The van der Waals surface area contributed by atoms with Crippen LogP contribution in [-0.4, -0.2) is 0 Å². The lowest BCUT2D eigenvalue weighted by atomic mass is 10.1. The lowest BCUT2D eigenvalue weighted by molar-refractivity contribution is 0.517. The third kappa shape index (κ3) is 4.33. The van der Waals surface area contributed by atoms with Crippen molar-refractivity contribution in [2.24, 2.45) is 0 Å². The molecule has 0 bridgehead atoms. The molecule has 0 saturated heterocycles. The minimum absolute atomic E-state index is 0.0913. The van der Waals surface area contributed by atoms with Crippen LogP contribution >= 0.6 is 0 Å². The molecule has 156 valence electrons. The number of benzene rings is 4. The van der Waals surface area contributed by atoms with Crippen molar-refractivity contribution < 1.29 is 22.0 Å².